The van der Waals surface area contributed by atoms with Crippen molar-refractivity contribution in [2.75, 3.05) is 13.2 Å². The van der Waals surface area contributed by atoms with E-state index in [-0.39, 0.29) is 24.5 Å². The quantitative estimate of drug-likeness (QED) is 0.791. The molecule has 23 heavy (non-hydrogen) atoms. The maximum absolute atomic E-state index is 12.5. The maximum atomic E-state index is 12.5. The number of aromatic amines is 1. The van der Waals surface area contributed by atoms with Crippen molar-refractivity contribution in [3.63, 3.8) is 0 Å². The fourth-order valence-corrected chi connectivity index (χ4v) is 2.79. The number of nitrogens with one attached hydrogen (secondary N) is 1. The van der Waals surface area contributed by atoms with Crippen LogP contribution in [-0.2, 0) is 4.74 Å². The van der Waals surface area contributed by atoms with Crippen molar-refractivity contribution < 1.29 is 14.3 Å². The van der Waals surface area contributed by atoms with Gasteiger partial charge in [-0.1, -0.05) is 19.8 Å². The Balaban J connectivity index is 1.68. The largest absolute Gasteiger partial charge is 0.377 e. The lowest BCUT2D eigenvalue weighted by Crippen LogP contribution is -2.33. The third-order valence-corrected chi connectivity index (χ3v) is 4.10. The summed E-state index contributed by atoms with van der Waals surface area (Å²) in [4.78, 5) is 30.3. The number of carbonyl (C=O) groups is 2. The van der Waals surface area contributed by atoms with E-state index in [1.807, 2.05) is 6.92 Å². The molecule has 3 heterocycles. The molecule has 7 nitrogen and oxygen atoms in total. The summed E-state index contributed by atoms with van der Waals surface area (Å²) in [5, 5.41) is 7.18. The highest BCUT2D eigenvalue weighted by atomic mass is 16.5. The van der Waals surface area contributed by atoms with Crippen LogP contribution in [0.1, 0.15) is 53.8 Å². The number of aromatic nitrogens is 3. The summed E-state index contributed by atoms with van der Waals surface area (Å²) in [5.41, 5.74) is 1.23. The van der Waals surface area contributed by atoms with Gasteiger partial charge in [0.25, 0.3) is 11.8 Å². The molecule has 0 saturated carbocycles. The third kappa shape index (κ3) is 2.84. The fraction of sp³-hybridized carbons (Fsp3) is 0.500. The van der Waals surface area contributed by atoms with Crippen LogP contribution in [0.3, 0.4) is 0 Å². The highest BCUT2D eigenvalue weighted by molar-refractivity contribution is 6.25. The van der Waals surface area contributed by atoms with Gasteiger partial charge >= 0.3 is 0 Å². The molecule has 2 aromatic heterocycles. The molecule has 2 amide bonds. The van der Waals surface area contributed by atoms with Gasteiger partial charge in [0, 0.05) is 6.20 Å². The summed E-state index contributed by atoms with van der Waals surface area (Å²) < 4.78 is 5.69. The Kier molecular flexibility index (Phi) is 4.38. The van der Waals surface area contributed by atoms with Gasteiger partial charge in [-0.25, -0.2) is 4.98 Å². The van der Waals surface area contributed by atoms with Crippen LogP contribution in [0.15, 0.2) is 12.4 Å². The Hall–Kier alpha value is -2.28. The minimum absolute atomic E-state index is 0.132. The molecule has 1 aliphatic heterocycles. The summed E-state index contributed by atoms with van der Waals surface area (Å²) in [6.45, 7) is 4.74. The fourth-order valence-electron chi connectivity index (χ4n) is 2.79. The van der Waals surface area contributed by atoms with Crippen molar-refractivity contribution in [2.45, 2.75) is 39.2 Å². The number of H-pyrrole nitrogens is 1. The first-order chi connectivity index (χ1) is 11.1. The van der Waals surface area contributed by atoms with Crippen molar-refractivity contribution in [1.29, 1.82) is 0 Å². The molecule has 122 valence electrons. The van der Waals surface area contributed by atoms with Crippen molar-refractivity contribution in [3.8, 4) is 0 Å². The summed E-state index contributed by atoms with van der Waals surface area (Å²) in [6.07, 6.45) is 6.31. The lowest BCUT2D eigenvalue weighted by Gasteiger charge is -2.17. The minimum atomic E-state index is -0.314. The van der Waals surface area contributed by atoms with Crippen LogP contribution >= 0.6 is 0 Å². The zero-order valence-corrected chi connectivity index (χ0v) is 13.3. The molecule has 0 bridgehead atoms. The second kappa shape index (κ2) is 6.45. The summed E-state index contributed by atoms with van der Waals surface area (Å²) in [7, 11) is 0. The molecule has 2 aromatic rings. The zero-order valence-electron chi connectivity index (χ0n) is 13.3. The average Bonchev–Trinajstić information content (AvgIpc) is 3.11. The van der Waals surface area contributed by atoms with Gasteiger partial charge in [-0.05, 0) is 13.3 Å². The van der Waals surface area contributed by atoms with Crippen molar-refractivity contribution >= 4 is 22.8 Å². The van der Waals surface area contributed by atoms with E-state index in [1.54, 1.807) is 0 Å². The molecule has 0 fully saturated rings. The van der Waals surface area contributed by atoms with E-state index in [2.05, 4.69) is 22.1 Å². The number of ether oxygens (including phenoxy) is 1. The molecule has 0 aliphatic carbocycles. The molecule has 7 heteroatoms. The normalized spacial score (nSPS) is 15.5. The number of unbranched alkanes of at least 4 members (excludes halogenated alkanes) is 1. The molecule has 1 atom stereocenters. The Morgan fingerprint density at radius 1 is 1.30 bits per heavy atom. The van der Waals surface area contributed by atoms with Gasteiger partial charge in [-0.3, -0.25) is 19.6 Å². The summed E-state index contributed by atoms with van der Waals surface area (Å²) in [6, 6.07) is 0. The van der Waals surface area contributed by atoms with E-state index in [4.69, 9.17) is 4.74 Å². The molecule has 0 aromatic carbocycles. The van der Waals surface area contributed by atoms with E-state index in [0.717, 1.165) is 19.3 Å². The number of amides is 2. The van der Waals surface area contributed by atoms with Crippen molar-refractivity contribution in [1.82, 2.24) is 20.1 Å². The first kappa shape index (κ1) is 15.6. The predicted octanol–water partition coefficient (Wildman–Crippen LogP) is 2.15. The van der Waals surface area contributed by atoms with Gasteiger partial charge < -0.3 is 4.74 Å². The Morgan fingerprint density at radius 3 is 2.91 bits per heavy atom. The summed E-state index contributed by atoms with van der Waals surface area (Å²) in [5.74, 6) is -0.617. The van der Waals surface area contributed by atoms with Gasteiger partial charge in [-0.2, -0.15) is 5.10 Å². The van der Waals surface area contributed by atoms with Crippen LogP contribution in [0.25, 0.3) is 11.0 Å². The summed E-state index contributed by atoms with van der Waals surface area (Å²) >= 11 is 0. The number of fused-ring (bicyclic) bond motifs is 3. The minimum Gasteiger partial charge on any atom is -0.377 e. The van der Waals surface area contributed by atoms with E-state index in [0.29, 0.717) is 28.8 Å². The standard InChI is InChI=1S/C16H20N4O3/c1-3-4-5-10(2)23-7-6-20-15(21)12-8-17-14-11(9-18-19-14)13(12)16(20)22/h8-10H,3-7H2,1-2H3,(H,17,18,19). The number of hydrogen-bond donors (Lipinski definition) is 1. The lowest BCUT2D eigenvalue weighted by molar-refractivity contribution is 0.0363. The molecule has 3 rings (SSSR count). The molecule has 0 saturated heterocycles. The molecule has 1 aliphatic rings. The molecular formula is C16H20N4O3. The first-order valence-electron chi connectivity index (χ1n) is 7.93. The highest BCUT2D eigenvalue weighted by Crippen LogP contribution is 2.27. The predicted molar refractivity (Wildman–Crippen MR) is 84.2 cm³/mol. The monoisotopic (exact) mass is 316 g/mol. The van der Waals surface area contributed by atoms with Crippen LogP contribution < -0.4 is 0 Å². The SMILES string of the molecule is CCCCC(C)OCCN1C(=O)c2cnc3[nH]ncc3c2C1=O. The first-order valence-corrected chi connectivity index (χ1v) is 7.93. The smallest absolute Gasteiger partial charge is 0.263 e. The van der Waals surface area contributed by atoms with Crippen molar-refractivity contribution in [2.24, 2.45) is 0 Å². The number of rotatable bonds is 7. The van der Waals surface area contributed by atoms with Crippen LogP contribution in [0.2, 0.25) is 0 Å². The second-order valence-electron chi connectivity index (χ2n) is 5.76. The number of nitrogens with zero attached hydrogens (tertiary/aromatic N) is 3. The number of carbonyl (C=O) groups excluding carboxylic acids is 2. The Bertz CT molecular complexity index is 740. The molecular weight excluding hydrogens is 296 g/mol. The van der Waals surface area contributed by atoms with Crippen LogP contribution in [0.5, 0.6) is 0 Å². The van der Waals surface area contributed by atoms with E-state index in [9.17, 15) is 9.59 Å². The van der Waals surface area contributed by atoms with E-state index in [1.165, 1.54) is 17.3 Å². The average molecular weight is 316 g/mol. The van der Waals surface area contributed by atoms with Gasteiger partial charge in [0.1, 0.15) is 0 Å². The van der Waals surface area contributed by atoms with Gasteiger partial charge in [0.2, 0.25) is 0 Å². The van der Waals surface area contributed by atoms with Gasteiger partial charge in [0.05, 0.1) is 42.0 Å². The van der Waals surface area contributed by atoms with E-state index >= 15 is 0 Å². The Labute approximate surface area is 134 Å². The maximum Gasteiger partial charge on any atom is 0.263 e. The molecule has 1 N–H and O–H groups in total. The Morgan fingerprint density at radius 2 is 2.13 bits per heavy atom. The van der Waals surface area contributed by atoms with Crippen LogP contribution in [0.4, 0.5) is 0 Å². The third-order valence-electron chi connectivity index (χ3n) is 4.10. The molecule has 0 radical (unpaired) electrons. The zero-order chi connectivity index (χ0) is 16.4. The van der Waals surface area contributed by atoms with E-state index < -0.39 is 0 Å². The number of pyridine rings is 1. The van der Waals surface area contributed by atoms with Crippen molar-refractivity contribution in [3.05, 3.63) is 23.5 Å². The topological polar surface area (TPSA) is 88.2 Å². The van der Waals surface area contributed by atoms with Crippen LogP contribution in [0, 0.1) is 0 Å². The highest BCUT2D eigenvalue weighted by Gasteiger charge is 2.37. The molecule has 1 unspecified atom stereocenters. The van der Waals surface area contributed by atoms with Crippen LogP contribution in [-0.4, -0.2) is 51.2 Å². The van der Waals surface area contributed by atoms with Gasteiger partial charge in [-0.15, -0.1) is 0 Å². The number of hydrogen-bond acceptors (Lipinski definition) is 5. The second-order valence-corrected chi connectivity index (χ2v) is 5.76. The number of imide groups is 1. The molecule has 0 spiro atoms. The van der Waals surface area contributed by atoms with Gasteiger partial charge in [0.15, 0.2) is 5.65 Å². The lowest BCUT2D eigenvalue weighted by atomic mass is 10.1.